The number of carbonyl (C=O) groups excluding carboxylic acids is 1. The van der Waals surface area contributed by atoms with Crippen LogP contribution >= 0.6 is 0 Å². The molecule has 2 saturated heterocycles. The molecule has 0 bridgehead atoms. The molecule has 1 spiro atoms. The molecule has 0 radical (unpaired) electrons. The lowest BCUT2D eigenvalue weighted by atomic mass is 9.91. The molecule has 2 rings (SSSR count). The number of nitrogens with zero attached hydrogens (tertiary/aromatic N) is 1. The van der Waals surface area contributed by atoms with Gasteiger partial charge in [-0.25, -0.2) is 4.79 Å². The molecule has 0 aromatic rings. The van der Waals surface area contributed by atoms with Crippen LogP contribution in [0.3, 0.4) is 0 Å². The molecule has 0 aliphatic carbocycles. The summed E-state index contributed by atoms with van der Waals surface area (Å²) in [7, 11) is 0. The number of carbonyl (C=O) groups is 1. The van der Waals surface area contributed by atoms with Gasteiger partial charge in [-0.1, -0.05) is 0 Å². The van der Waals surface area contributed by atoms with E-state index in [1.807, 2.05) is 4.90 Å². The Kier molecular flexibility index (Phi) is 1.54. The summed E-state index contributed by atoms with van der Waals surface area (Å²) in [6, 6.07) is 0.390. The molecule has 0 saturated carbocycles. The Morgan fingerprint density at radius 1 is 1.42 bits per heavy atom. The number of rotatable bonds is 1. The molecular formula is C8H15N3O. The second kappa shape index (κ2) is 2.36. The normalized spacial score (nSPS) is 26.2. The van der Waals surface area contributed by atoms with E-state index in [0.29, 0.717) is 6.04 Å². The lowest BCUT2D eigenvalue weighted by Crippen LogP contribution is -2.69. The van der Waals surface area contributed by atoms with Crippen LogP contribution in [-0.4, -0.2) is 42.1 Å². The molecule has 0 atom stereocenters. The van der Waals surface area contributed by atoms with Crippen molar-refractivity contribution in [1.29, 1.82) is 0 Å². The van der Waals surface area contributed by atoms with Gasteiger partial charge in [0.1, 0.15) is 0 Å². The lowest BCUT2D eigenvalue weighted by molar-refractivity contribution is 0.0840. The Balaban J connectivity index is 2.19. The number of amides is 2. The molecule has 2 heterocycles. The zero-order valence-corrected chi connectivity index (χ0v) is 7.55. The topological polar surface area (TPSA) is 44.4 Å². The van der Waals surface area contributed by atoms with Gasteiger partial charge in [0.15, 0.2) is 0 Å². The Hall–Kier alpha value is -0.770. The van der Waals surface area contributed by atoms with Crippen molar-refractivity contribution in [2.75, 3.05) is 19.6 Å². The van der Waals surface area contributed by atoms with Gasteiger partial charge < -0.3 is 15.5 Å². The van der Waals surface area contributed by atoms with Gasteiger partial charge in [-0.15, -0.1) is 0 Å². The Morgan fingerprint density at radius 2 is 2.08 bits per heavy atom. The fourth-order valence-corrected chi connectivity index (χ4v) is 2.12. The van der Waals surface area contributed by atoms with Crippen LogP contribution in [0.4, 0.5) is 4.79 Å². The third-order valence-electron chi connectivity index (χ3n) is 2.72. The van der Waals surface area contributed by atoms with Gasteiger partial charge >= 0.3 is 6.03 Å². The van der Waals surface area contributed by atoms with Gasteiger partial charge in [-0.3, -0.25) is 0 Å². The van der Waals surface area contributed by atoms with Gasteiger partial charge in [0, 0.05) is 25.7 Å². The van der Waals surface area contributed by atoms with Crippen LogP contribution in [0, 0.1) is 0 Å². The second-order valence-corrected chi connectivity index (χ2v) is 3.95. The Morgan fingerprint density at radius 3 is 2.42 bits per heavy atom. The molecule has 0 aromatic heterocycles. The molecule has 2 aliphatic heterocycles. The maximum Gasteiger partial charge on any atom is 0.318 e. The molecule has 4 heteroatoms. The SMILES string of the molecule is CC(C)N1C(=O)NCC12CNC2. The monoisotopic (exact) mass is 169 g/mol. The summed E-state index contributed by atoms with van der Waals surface area (Å²) in [5.74, 6) is 0. The van der Waals surface area contributed by atoms with E-state index < -0.39 is 0 Å². The van der Waals surface area contributed by atoms with E-state index in [1.165, 1.54) is 0 Å². The fraction of sp³-hybridized carbons (Fsp3) is 0.875. The average molecular weight is 169 g/mol. The summed E-state index contributed by atoms with van der Waals surface area (Å²) in [5.41, 5.74) is 0.0885. The van der Waals surface area contributed by atoms with Crippen LogP contribution in [0.15, 0.2) is 0 Å². The Labute approximate surface area is 72.3 Å². The van der Waals surface area contributed by atoms with E-state index in [-0.39, 0.29) is 11.6 Å². The van der Waals surface area contributed by atoms with Crippen molar-refractivity contribution in [3.05, 3.63) is 0 Å². The minimum absolute atomic E-state index is 0.0885. The highest BCUT2D eigenvalue weighted by atomic mass is 16.2. The summed E-state index contributed by atoms with van der Waals surface area (Å²) >= 11 is 0. The van der Waals surface area contributed by atoms with Crippen LogP contribution in [0.1, 0.15) is 13.8 Å². The standard InChI is InChI=1S/C8H15N3O/c1-6(2)11-7(12)10-5-8(11)3-9-4-8/h6,9H,3-5H2,1-2H3,(H,10,12). The molecule has 2 aliphatic rings. The molecule has 0 aromatic carbocycles. The highest BCUT2D eigenvalue weighted by Crippen LogP contribution is 2.26. The molecule has 0 unspecified atom stereocenters. The third kappa shape index (κ3) is 0.843. The van der Waals surface area contributed by atoms with E-state index in [0.717, 1.165) is 19.6 Å². The van der Waals surface area contributed by atoms with E-state index >= 15 is 0 Å². The van der Waals surface area contributed by atoms with Crippen molar-refractivity contribution in [2.45, 2.75) is 25.4 Å². The van der Waals surface area contributed by atoms with Gasteiger partial charge in [0.05, 0.1) is 5.54 Å². The first kappa shape index (κ1) is 7.86. The predicted octanol–water partition coefficient (Wildman–Crippen LogP) is -0.238. The number of nitrogens with one attached hydrogen (secondary N) is 2. The number of hydrogen-bond donors (Lipinski definition) is 2. The molecule has 2 amide bonds. The largest absolute Gasteiger partial charge is 0.335 e. The molecular weight excluding hydrogens is 154 g/mol. The van der Waals surface area contributed by atoms with Crippen molar-refractivity contribution >= 4 is 6.03 Å². The molecule has 2 N–H and O–H groups in total. The van der Waals surface area contributed by atoms with Crippen molar-refractivity contribution in [2.24, 2.45) is 0 Å². The van der Waals surface area contributed by atoms with E-state index in [1.54, 1.807) is 0 Å². The maximum absolute atomic E-state index is 11.4. The van der Waals surface area contributed by atoms with Crippen LogP contribution in [0.5, 0.6) is 0 Å². The summed E-state index contributed by atoms with van der Waals surface area (Å²) in [6.07, 6.45) is 0. The number of urea groups is 1. The zero-order valence-electron chi connectivity index (χ0n) is 7.55. The van der Waals surface area contributed by atoms with Gasteiger partial charge in [0.25, 0.3) is 0 Å². The molecule has 2 fully saturated rings. The van der Waals surface area contributed by atoms with E-state index in [2.05, 4.69) is 24.5 Å². The summed E-state index contributed by atoms with van der Waals surface area (Å²) in [4.78, 5) is 13.4. The Bertz CT molecular complexity index is 210. The first-order valence-electron chi connectivity index (χ1n) is 4.44. The average Bonchev–Trinajstić information content (AvgIpc) is 2.25. The first-order chi connectivity index (χ1) is 5.66. The lowest BCUT2D eigenvalue weighted by Gasteiger charge is -2.46. The fourth-order valence-electron chi connectivity index (χ4n) is 2.12. The van der Waals surface area contributed by atoms with Crippen molar-refractivity contribution < 1.29 is 4.79 Å². The first-order valence-corrected chi connectivity index (χ1v) is 4.44. The third-order valence-corrected chi connectivity index (χ3v) is 2.72. The highest BCUT2D eigenvalue weighted by Gasteiger charge is 2.50. The quantitative estimate of drug-likeness (QED) is 0.569. The summed E-state index contributed by atoms with van der Waals surface area (Å²) in [6.45, 7) is 6.79. The minimum atomic E-state index is 0.0885. The predicted molar refractivity (Wildman–Crippen MR) is 46.0 cm³/mol. The van der Waals surface area contributed by atoms with Crippen molar-refractivity contribution in [1.82, 2.24) is 15.5 Å². The van der Waals surface area contributed by atoms with Gasteiger partial charge in [-0.2, -0.15) is 0 Å². The summed E-state index contributed by atoms with van der Waals surface area (Å²) < 4.78 is 0. The second-order valence-electron chi connectivity index (χ2n) is 3.95. The number of hydrogen-bond acceptors (Lipinski definition) is 2. The van der Waals surface area contributed by atoms with Crippen LogP contribution < -0.4 is 10.6 Å². The van der Waals surface area contributed by atoms with Crippen LogP contribution in [0.2, 0.25) is 0 Å². The molecule has 4 nitrogen and oxygen atoms in total. The van der Waals surface area contributed by atoms with Crippen LogP contribution in [0.25, 0.3) is 0 Å². The highest BCUT2D eigenvalue weighted by molar-refractivity contribution is 5.78. The summed E-state index contributed by atoms with van der Waals surface area (Å²) in [5, 5.41) is 6.11. The van der Waals surface area contributed by atoms with Crippen molar-refractivity contribution in [3.63, 3.8) is 0 Å². The van der Waals surface area contributed by atoms with Crippen molar-refractivity contribution in [3.8, 4) is 0 Å². The smallest absolute Gasteiger partial charge is 0.318 e. The molecule has 12 heavy (non-hydrogen) atoms. The van der Waals surface area contributed by atoms with E-state index in [4.69, 9.17) is 0 Å². The van der Waals surface area contributed by atoms with Gasteiger partial charge in [-0.05, 0) is 13.8 Å². The van der Waals surface area contributed by atoms with E-state index in [9.17, 15) is 4.79 Å². The van der Waals surface area contributed by atoms with Gasteiger partial charge in [0.2, 0.25) is 0 Å². The minimum Gasteiger partial charge on any atom is -0.335 e. The molecule has 68 valence electrons. The zero-order chi connectivity index (χ0) is 8.77. The maximum atomic E-state index is 11.4. The van der Waals surface area contributed by atoms with Crippen LogP contribution in [-0.2, 0) is 0 Å².